The number of halogens is 1. The van der Waals surface area contributed by atoms with E-state index in [4.69, 9.17) is 20.8 Å². The molecule has 0 N–H and O–H groups in total. The zero-order chi connectivity index (χ0) is 15.4. The molecule has 110 valence electrons. The highest BCUT2D eigenvalue weighted by molar-refractivity contribution is 6.33. The van der Waals surface area contributed by atoms with Gasteiger partial charge in [-0.3, -0.25) is 0 Å². The fourth-order valence-electron chi connectivity index (χ4n) is 1.94. The molecule has 22 heavy (non-hydrogen) atoms. The van der Waals surface area contributed by atoms with E-state index in [9.17, 15) is 4.79 Å². The van der Waals surface area contributed by atoms with Crippen LogP contribution in [0.3, 0.4) is 0 Å². The second-order valence-corrected chi connectivity index (χ2v) is 4.95. The first kappa shape index (κ1) is 14.4. The summed E-state index contributed by atoms with van der Waals surface area (Å²) in [5.41, 5.74) is 1.23. The topological polar surface area (TPSA) is 52.3 Å². The summed E-state index contributed by atoms with van der Waals surface area (Å²) >= 11 is 5.95. The third-order valence-corrected chi connectivity index (χ3v) is 3.36. The number of hydrogen-bond donors (Lipinski definition) is 0. The number of esters is 1. The number of carbonyl (C=O) groups is 1. The standard InChI is InChI=1S/C17H12ClNO3/c18-14-9-5-4-8-13(14)17(20)21-11-16-19-10-15(22-16)12-6-2-1-3-7-12/h1-10H,11H2. The average molecular weight is 314 g/mol. The highest BCUT2D eigenvalue weighted by atomic mass is 35.5. The Hall–Kier alpha value is -2.59. The fourth-order valence-corrected chi connectivity index (χ4v) is 2.16. The molecular weight excluding hydrogens is 302 g/mol. The van der Waals surface area contributed by atoms with Gasteiger partial charge in [0.25, 0.3) is 0 Å². The maximum absolute atomic E-state index is 11.9. The molecular formula is C17H12ClNO3. The van der Waals surface area contributed by atoms with Crippen molar-refractivity contribution in [3.05, 3.63) is 77.3 Å². The van der Waals surface area contributed by atoms with Gasteiger partial charge in [0.15, 0.2) is 12.4 Å². The fraction of sp³-hybridized carbons (Fsp3) is 0.0588. The smallest absolute Gasteiger partial charge is 0.340 e. The Bertz CT molecular complexity index is 783. The van der Waals surface area contributed by atoms with E-state index in [0.717, 1.165) is 5.56 Å². The molecule has 0 atom stereocenters. The Labute approximate surface area is 132 Å². The zero-order valence-corrected chi connectivity index (χ0v) is 12.3. The van der Waals surface area contributed by atoms with Crippen LogP contribution < -0.4 is 0 Å². The molecule has 0 radical (unpaired) electrons. The van der Waals surface area contributed by atoms with Gasteiger partial charge >= 0.3 is 5.97 Å². The van der Waals surface area contributed by atoms with Crippen LogP contribution in [0.1, 0.15) is 16.2 Å². The molecule has 0 saturated heterocycles. The summed E-state index contributed by atoms with van der Waals surface area (Å²) in [6.45, 7) is -0.0448. The molecule has 1 heterocycles. The van der Waals surface area contributed by atoms with Crippen molar-refractivity contribution < 1.29 is 13.9 Å². The van der Waals surface area contributed by atoms with E-state index in [1.807, 2.05) is 30.3 Å². The number of benzene rings is 2. The summed E-state index contributed by atoms with van der Waals surface area (Å²) in [4.78, 5) is 16.0. The summed E-state index contributed by atoms with van der Waals surface area (Å²) in [6.07, 6.45) is 1.61. The first-order chi connectivity index (χ1) is 10.7. The van der Waals surface area contributed by atoms with E-state index in [0.29, 0.717) is 22.2 Å². The van der Waals surface area contributed by atoms with Gasteiger partial charge in [0, 0.05) is 5.56 Å². The van der Waals surface area contributed by atoms with E-state index in [2.05, 4.69) is 4.98 Å². The van der Waals surface area contributed by atoms with Gasteiger partial charge in [0.05, 0.1) is 16.8 Å². The number of nitrogens with zero attached hydrogens (tertiary/aromatic N) is 1. The first-order valence-electron chi connectivity index (χ1n) is 6.66. The molecule has 1 aromatic heterocycles. The van der Waals surface area contributed by atoms with Crippen molar-refractivity contribution in [3.8, 4) is 11.3 Å². The maximum Gasteiger partial charge on any atom is 0.340 e. The summed E-state index contributed by atoms with van der Waals surface area (Å²) in [5, 5.41) is 0.352. The molecule has 0 aliphatic rings. The van der Waals surface area contributed by atoms with Crippen LogP contribution in [0.25, 0.3) is 11.3 Å². The molecule has 2 aromatic carbocycles. The quantitative estimate of drug-likeness (QED) is 0.672. The Morgan fingerprint density at radius 2 is 1.82 bits per heavy atom. The molecule has 0 unspecified atom stereocenters. The minimum Gasteiger partial charge on any atom is -0.452 e. The van der Waals surface area contributed by atoms with Crippen molar-refractivity contribution in [2.24, 2.45) is 0 Å². The van der Waals surface area contributed by atoms with Gasteiger partial charge in [0.1, 0.15) is 0 Å². The van der Waals surface area contributed by atoms with Crippen molar-refractivity contribution in [1.82, 2.24) is 4.98 Å². The van der Waals surface area contributed by atoms with Crippen molar-refractivity contribution in [2.75, 3.05) is 0 Å². The number of hydrogen-bond acceptors (Lipinski definition) is 4. The lowest BCUT2D eigenvalue weighted by Gasteiger charge is -2.03. The lowest BCUT2D eigenvalue weighted by Crippen LogP contribution is -2.05. The number of ether oxygens (including phenoxy) is 1. The molecule has 0 aliphatic carbocycles. The van der Waals surface area contributed by atoms with Crippen molar-refractivity contribution in [3.63, 3.8) is 0 Å². The number of rotatable bonds is 4. The molecule has 0 amide bonds. The molecule has 4 nitrogen and oxygen atoms in total. The monoisotopic (exact) mass is 313 g/mol. The van der Waals surface area contributed by atoms with E-state index in [1.54, 1.807) is 30.5 Å². The van der Waals surface area contributed by atoms with Crippen LogP contribution in [0, 0.1) is 0 Å². The van der Waals surface area contributed by atoms with Crippen LogP contribution in [-0.2, 0) is 11.3 Å². The van der Waals surface area contributed by atoms with Crippen LogP contribution in [0.5, 0.6) is 0 Å². The molecule has 0 bridgehead atoms. The van der Waals surface area contributed by atoms with E-state index >= 15 is 0 Å². The summed E-state index contributed by atoms with van der Waals surface area (Å²) in [6, 6.07) is 16.3. The molecule has 0 fully saturated rings. The molecule has 3 rings (SSSR count). The van der Waals surface area contributed by atoms with Crippen molar-refractivity contribution >= 4 is 17.6 Å². The van der Waals surface area contributed by atoms with Gasteiger partial charge < -0.3 is 9.15 Å². The minimum atomic E-state index is -0.509. The molecule has 0 saturated carbocycles. The lowest BCUT2D eigenvalue weighted by molar-refractivity contribution is 0.0439. The van der Waals surface area contributed by atoms with E-state index in [1.165, 1.54) is 0 Å². The largest absolute Gasteiger partial charge is 0.452 e. The first-order valence-corrected chi connectivity index (χ1v) is 7.03. The Kier molecular flexibility index (Phi) is 4.21. The molecule has 5 heteroatoms. The van der Waals surface area contributed by atoms with Gasteiger partial charge in [-0.05, 0) is 12.1 Å². The van der Waals surface area contributed by atoms with Crippen LogP contribution in [0.4, 0.5) is 0 Å². The Morgan fingerprint density at radius 3 is 2.59 bits per heavy atom. The van der Waals surface area contributed by atoms with Gasteiger partial charge in [-0.2, -0.15) is 0 Å². The number of aromatic nitrogens is 1. The van der Waals surface area contributed by atoms with E-state index in [-0.39, 0.29) is 6.61 Å². The zero-order valence-electron chi connectivity index (χ0n) is 11.5. The highest BCUT2D eigenvalue weighted by Crippen LogP contribution is 2.21. The number of carbonyl (C=O) groups excluding carboxylic acids is 1. The van der Waals surface area contributed by atoms with Crippen molar-refractivity contribution in [2.45, 2.75) is 6.61 Å². The minimum absolute atomic E-state index is 0.0448. The SMILES string of the molecule is O=C(OCc1ncc(-c2ccccc2)o1)c1ccccc1Cl. The van der Waals surface area contributed by atoms with Crippen LogP contribution >= 0.6 is 11.6 Å². The molecule has 0 spiro atoms. The third-order valence-electron chi connectivity index (χ3n) is 3.03. The summed E-state index contributed by atoms with van der Waals surface area (Å²) in [5.74, 6) is 0.453. The van der Waals surface area contributed by atoms with E-state index < -0.39 is 5.97 Å². The Balaban J connectivity index is 1.67. The maximum atomic E-state index is 11.9. The average Bonchev–Trinajstić information content (AvgIpc) is 3.03. The van der Waals surface area contributed by atoms with Gasteiger partial charge in [-0.15, -0.1) is 0 Å². The third kappa shape index (κ3) is 3.18. The van der Waals surface area contributed by atoms with Crippen LogP contribution in [0.2, 0.25) is 5.02 Å². The highest BCUT2D eigenvalue weighted by Gasteiger charge is 2.13. The predicted molar refractivity (Wildman–Crippen MR) is 82.5 cm³/mol. The van der Waals surface area contributed by atoms with Crippen molar-refractivity contribution in [1.29, 1.82) is 0 Å². The summed E-state index contributed by atoms with van der Waals surface area (Å²) in [7, 11) is 0. The summed E-state index contributed by atoms with van der Waals surface area (Å²) < 4.78 is 10.7. The lowest BCUT2D eigenvalue weighted by atomic mass is 10.2. The molecule has 0 aliphatic heterocycles. The second kappa shape index (κ2) is 6.45. The van der Waals surface area contributed by atoms with Crippen LogP contribution in [-0.4, -0.2) is 11.0 Å². The van der Waals surface area contributed by atoms with Crippen LogP contribution in [0.15, 0.2) is 65.2 Å². The predicted octanol–water partition coefficient (Wildman–Crippen LogP) is 4.35. The second-order valence-electron chi connectivity index (χ2n) is 4.54. The van der Waals surface area contributed by atoms with Gasteiger partial charge in [-0.25, -0.2) is 9.78 Å². The Morgan fingerprint density at radius 1 is 1.09 bits per heavy atom. The number of oxazole rings is 1. The normalized spacial score (nSPS) is 10.4. The van der Waals surface area contributed by atoms with Gasteiger partial charge in [-0.1, -0.05) is 54.1 Å². The molecule has 3 aromatic rings. The van der Waals surface area contributed by atoms with Gasteiger partial charge in [0.2, 0.25) is 5.89 Å².